The quantitative estimate of drug-likeness (QED) is 0.459. The molecule has 0 spiro atoms. The fraction of sp³-hybridized carbons (Fsp3) is 0.261. The summed E-state index contributed by atoms with van der Waals surface area (Å²) in [6.45, 7) is 4.09. The predicted molar refractivity (Wildman–Crippen MR) is 119 cm³/mol. The van der Waals surface area contributed by atoms with Crippen molar-refractivity contribution in [1.82, 2.24) is 25.1 Å². The van der Waals surface area contributed by atoms with E-state index in [2.05, 4.69) is 55.7 Å². The number of halogens is 1. The molecule has 1 aliphatic rings. The Labute approximate surface area is 185 Å². The van der Waals surface area contributed by atoms with Crippen molar-refractivity contribution in [3.05, 3.63) is 95.2 Å². The van der Waals surface area contributed by atoms with Crippen LogP contribution in [-0.4, -0.2) is 51.3 Å². The van der Waals surface area contributed by atoms with E-state index in [1.165, 1.54) is 5.56 Å². The van der Waals surface area contributed by atoms with Crippen LogP contribution in [0.5, 0.6) is 0 Å². The van der Waals surface area contributed by atoms with Gasteiger partial charge in [-0.3, -0.25) is 4.90 Å². The van der Waals surface area contributed by atoms with Crippen molar-refractivity contribution in [1.29, 1.82) is 0 Å². The minimum absolute atomic E-state index is 0.0346. The van der Waals surface area contributed by atoms with Gasteiger partial charge in [0.1, 0.15) is 12.3 Å². The Morgan fingerprint density at radius 1 is 0.935 bits per heavy atom. The van der Waals surface area contributed by atoms with Gasteiger partial charge in [0.25, 0.3) is 0 Å². The average molecular weight is 435 g/mol. The molecule has 3 heterocycles. The monoisotopic (exact) mass is 434 g/mol. The van der Waals surface area contributed by atoms with E-state index < -0.39 is 0 Å². The topological polar surface area (TPSA) is 63.2 Å². The Balaban J connectivity index is 1.41. The highest BCUT2D eigenvalue weighted by Gasteiger charge is 2.30. The summed E-state index contributed by atoms with van der Waals surface area (Å²) in [5.41, 5.74) is 2.33. The maximum Gasteiger partial charge on any atom is 0.173 e. The van der Waals surface area contributed by atoms with E-state index in [0.29, 0.717) is 6.54 Å². The average Bonchev–Trinajstić information content (AvgIpc) is 3.48. The summed E-state index contributed by atoms with van der Waals surface area (Å²) in [6.07, 6.45) is 1.67. The molecule has 31 heavy (non-hydrogen) atoms. The highest BCUT2D eigenvalue weighted by atomic mass is 35.5. The summed E-state index contributed by atoms with van der Waals surface area (Å²) in [5.74, 6) is 1.64. The normalized spacial score (nSPS) is 15.8. The second-order valence-corrected chi connectivity index (χ2v) is 8.03. The fourth-order valence-corrected chi connectivity index (χ4v) is 4.32. The minimum Gasteiger partial charge on any atom is -0.467 e. The first kappa shape index (κ1) is 19.8. The van der Waals surface area contributed by atoms with Crippen LogP contribution < -0.4 is 4.90 Å². The number of aromatic nitrogens is 4. The Kier molecular flexibility index (Phi) is 5.69. The molecule has 7 nitrogen and oxygen atoms in total. The van der Waals surface area contributed by atoms with Crippen LogP contribution in [0.3, 0.4) is 0 Å². The third-order valence-electron chi connectivity index (χ3n) is 5.66. The highest BCUT2D eigenvalue weighted by molar-refractivity contribution is 6.30. The number of rotatable bonds is 6. The first-order valence-corrected chi connectivity index (χ1v) is 10.7. The van der Waals surface area contributed by atoms with Gasteiger partial charge >= 0.3 is 0 Å². The molecule has 0 N–H and O–H groups in total. The summed E-state index contributed by atoms with van der Waals surface area (Å²) in [7, 11) is 0. The van der Waals surface area contributed by atoms with Gasteiger partial charge in [-0.25, -0.2) is 4.68 Å². The van der Waals surface area contributed by atoms with E-state index in [-0.39, 0.29) is 6.04 Å². The molecule has 0 aliphatic carbocycles. The Bertz CT molecular complexity index is 1110. The molecular formula is C23H23ClN6O. The molecule has 0 saturated carbocycles. The van der Waals surface area contributed by atoms with Crippen LogP contribution in [0.2, 0.25) is 5.02 Å². The summed E-state index contributed by atoms with van der Waals surface area (Å²) in [5, 5.41) is 13.4. The summed E-state index contributed by atoms with van der Waals surface area (Å²) in [4.78, 5) is 4.82. The van der Waals surface area contributed by atoms with Gasteiger partial charge in [-0.2, -0.15) is 0 Å². The van der Waals surface area contributed by atoms with E-state index in [4.69, 9.17) is 16.0 Å². The molecule has 0 amide bonds. The number of anilines is 1. The van der Waals surface area contributed by atoms with Crippen LogP contribution in [-0.2, 0) is 6.54 Å². The van der Waals surface area contributed by atoms with Gasteiger partial charge in [-0.15, -0.1) is 5.10 Å². The Hall–Kier alpha value is -3.16. The molecule has 2 aromatic carbocycles. The predicted octanol–water partition coefficient (Wildman–Crippen LogP) is 3.88. The second-order valence-electron chi connectivity index (χ2n) is 7.59. The first-order chi connectivity index (χ1) is 15.3. The van der Waals surface area contributed by atoms with Gasteiger partial charge in [0, 0.05) is 36.9 Å². The van der Waals surface area contributed by atoms with Crippen LogP contribution in [0.4, 0.5) is 5.69 Å². The molecule has 8 heteroatoms. The first-order valence-electron chi connectivity index (χ1n) is 10.4. The summed E-state index contributed by atoms with van der Waals surface area (Å²) < 4.78 is 7.35. The van der Waals surface area contributed by atoms with Crippen LogP contribution in [0, 0.1) is 0 Å². The molecule has 1 aliphatic heterocycles. The Morgan fingerprint density at radius 2 is 1.77 bits per heavy atom. The second kappa shape index (κ2) is 8.91. The molecule has 0 radical (unpaired) electrons. The maximum absolute atomic E-state index is 6.20. The number of hydrogen-bond acceptors (Lipinski definition) is 6. The van der Waals surface area contributed by atoms with Gasteiger partial charge < -0.3 is 9.32 Å². The molecular weight excluding hydrogens is 412 g/mol. The SMILES string of the molecule is Clc1cccc(N2CCN([C@@H](c3ccccc3)c3nnnn3Cc3ccco3)CC2)c1. The molecule has 0 unspecified atom stereocenters. The third-order valence-corrected chi connectivity index (χ3v) is 5.89. The summed E-state index contributed by atoms with van der Waals surface area (Å²) >= 11 is 6.20. The van der Waals surface area contributed by atoms with Crippen molar-refractivity contribution in [2.75, 3.05) is 31.1 Å². The van der Waals surface area contributed by atoms with Crippen LogP contribution >= 0.6 is 11.6 Å². The zero-order valence-electron chi connectivity index (χ0n) is 17.0. The van der Waals surface area contributed by atoms with Gasteiger partial charge in [0.15, 0.2) is 5.82 Å². The molecule has 1 fully saturated rings. The lowest BCUT2D eigenvalue weighted by molar-refractivity contribution is 0.201. The molecule has 4 aromatic rings. The molecule has 1 saturated heterocycles. The lowest BCUT2D eigenvalue weighted by Crippen LogP contribution is -2.48. The van der Waals surface area contributed by atoms with Crippen molar-refractivity contribution >= 4 is 17.3 Å². The van der Waals surface area contributed by atoms with E-state index in [1.54, 1.807) is 6.26 Å². The van der Waals surface area contributed by atoms with Crippen LogP contribution in [0.25, 0.3) is 0 Å². The van der Waals surface area contributed by atoms with Crippen molar-refractivity contribution in [3.8, 4) is 0 Å². The zero-order valence-corrected chi connectivity index (χ0v) is 17.8. The standard InChI is InChI=1S/C23H23ClN6O/c24-19-8-4-9-20(16-19)28-11-13-29(14-12-28)22(18-6-2-1-3-7-18)23-25-26-27-30(23)17-21-10-5-15-31-21/h1-10,15-16,22H,11-14,17H2/t22-/m0/s1. The number of benzene rings is 2. The molecule has 2 aromatic heterocycles. The van der Waals surface area contributed by atoms with Crippen molar-refractivity contribution in [2.45, 2.75) is 12.6 Å². The van der Waals surface area contributed by atoms with Gasteiger partial charge in [0.2, 0.25) is 0 Å². The molecule has 1 atom stereocenters. The van der Waals surface area contributed by atoms with E-state index in [9.17, 15) is 0 Å². The van der Waals surface area contributed by atoms with Crippen LogP contribution in [0.1, 0.15) is 23.2 Å². The highest BCUT2D eigenvalue weighted by Crippen LogP contribution is 2.29. The molecule has 158 valence electrons. The van der Waals surface area contributed by atoms with E-state index in [1.807, 2.05) is 41.1 Å². The smallest absolute Gasteiger partial charge is 0.173 e. The lowest BCUT2D eigenvalue weighted by Gasteiger charge is -2.40. The lowest BCUT2D eigenvalue weighted by atomic mass is 10.0. The number of nitrogens with zero attached hydrogens (tertiary/aromatic N) is 6. The number of piperazine rings is 1. The minimum atomic E-state index is -0.0346. The van der Waals surface area contributed by atoms with Gasteiger partial charge in [-0.1, -0.05) is 48.0 Å². The van der Waals surface area contributed by atoms with Crippen molar-refractivity contribution < 1.29 is 4.42 Å². The van der Waals surface area contributed by atoms with Gasteiger partial charge in [0.05, 0.1) is 12.3 Å². The molecule has 0 bridgehead atoms. The number of tetrazole rings is 1. The zero-order chi connectivity index (χ0) is 21.0. The van der Waals surface area contributed by atoms with E-state index in [0.717, 1.165) is 48.5 Å². The summed E-state index contributed by atoms with van der Waals surface area (Å²) in [6, 6.07) is 22.3. The molecule has 5 rings (SSSR count). The van der Waals surface area contributed by atoms with Crippen molar-refractivity contribution in [2.24, 2.45) is 0 Å². The van der Waals surface area contributed by atoms with Crippen LogP contribution in [0.15, 0.2) is 77.4 Å². The Morgan fingerprint density at radius 3 is 2.52 bits per heavy atom. The van der Waals surface area contributed by atoms with Crippen molar-refractivity contribution in [3.63, 3.8) is 0 Å². The number of furan rings is 1. The van der Waals surface area contributed by atoms with E-state index >= 15 is 0 Å². The fourth-order valence-electron chi connectivity index (χ4n) is 4.14. The maximum atomic E-state index is 6.20. The van der Waals surface area contributed by atoms with Gasteiger partial charge in [-0.05, 0) is 46.3 Å². The largest absolute Gasteiger partial charge is 0.467 e. The third kappa shape index (κ3) is 4.33. The number of hydrogen-bond donors (Lipinski definition) is 0.